The van der Waals surface area contributed by atoms with Crippen molar-refractivity contribution in [2.24, 2.45) is 0 Å². The van der Waals surface area contributed by atoms with Gasteiger partial charge in [-0.3, -0.25) is 0 Å². The molecule has 0 radical (unpaired) electrons. The second-order valence-corrected chi connectivity index (χ2v) is 8.09. The Kier molecular flexibility index (Phi) is 6.05. The van der Waals surface area contributed by atoms with Crippen LogP contribution in [0.25, 0.3) is 20.2 Å². The number of carbonyl (C=O) groups excluding carboxylic acids is 2. The second-order valence-electron chi connectivity index (χ2n) is 7.07. The molecule has 33 heavy (non-hydrogen) atoms. The van der Waals surface area contributed by atoms with E-state index in [9.17, 15) is 35.9 Å². The molecule has 0 saturated heterocycles. The van der Waals surface area contributed by atoms with E-state index < -0.39 is 56.3 Å². The first-order valence-electron chi connectivity index (χ1n) is 9.05. The maximum atomic E-state index is 13.9. The smallest absolute Gasteiger partial charge is 0.421 e. The molecule has 3 aromatic rings. The maximum Gasteiger partial charge on any atom is 0.421 e. The zero-order chi connectivity index (χ0) is 24.9. The van der Waals surface area contributed by atoms with Crippen molar-refractivity contribution in [3.8, 4) is 11.5 Å². The zero-order valence-corrected chi connectivity index (χ0v) is 17.8. The molecule has 0 bridgehead atoms. The summed E-state index contributed by atoms with van der Waals surface area (Å²) >= 11 is 0.201. The van der Waals surface area contributed by atoms with Crippen LogP contribution in [0.5, 0.6) is 11.5 Å². The summed E-state index contributed by atoms with van der Waals surface area (Å²) in [6.07, 6.45) is -10.1. The molecule has 0 saturated carbocycles. The number of hydrogen-bond acceptors (Lipinski definition) is 5. The highest BCUT2D eigenvalue weighted by atomic mass is 32.1. The highest BCUT2D eigenvalue weighted by molar-refractivity contribution is 7.26. The number of thiophene rings is 1. The molecule has 0 aliphatic heterocycles. The van der Waals surface area contributed by atoms with E-state index in [1.54, 1.807) is 0 Å². The van der Waals surface area contributed by atoms with Crippen LogP contribution in [-0.2, 0) is 21.9 Å². The summed E-state index contributed by atoms with van der Waals surface area (Å²) in [5, 5.41) is -0.276. The Bertz CT molecular complexity index is 1230. The third-order valence-electron chi connectivity index (χ3n) is 4.40. The van der Waals surface area contributed by atoms with Crippen molar-refractivity contribution in [1.29, 1.82) is 0 Å². The zero-order valence-electron chi connectivity index (χ0n) is 17.0. The number of esters is 2. The minimum absolute atomic E-state index is 0.138. The van der Waals surface area contributed by atoms with Gasteiger partial charge in [-0.2, -0.15) is 26.3 Å². The third-order valence-corrected chi connectivity index (χ3v) is 5.66. The van der Waals surface area contributed by atoms with Crippen molar-refractivity contribution in [3.05, 3.63) is 59.7 Å². The monoisotopic (exact) mass is 488 g/mol. The van der Waals surface area contributed by atoms with Crippen LogP contribution in [0, 0.1) is 0 Å². The van der Waals surface area contributed by atoms with Crippen LogP contribution in [0.1, 0.15) is 25.0 Å². The number of rotatable bonds is 4. The fourth-order valence-electron chi connectivity index (χ4n) is 2.95. The molecule has 0 aliphatic rings. The van der Waals surface area contributed by atoms with E-state index in [1.807, 2.05) is 0 Å². The lowest BCUT2D eigenvalue weighted by atomic mass is 10.0. The number of fused-ring (bicyclic) bond motifs is 3. The van der Waals surface area contributed by atoms with E-state index in [4.69, 9.17) is 9.47 Å². The Morgan fingerprint density at radius 3 is 1.33 bits per heavy atom. The van der Waals surface area contributed by atoms with Gasteiger partial charge in [0.05, 0.1) is 9.40 Å². The van der Waals surface area contributed by atoms with Crippen molar-refractivity contribution in [3.63, 3.8) is 0 Å². The Hall–Kier alpha value is -3.34. The normalized spacial score (nSPS) is 12.1. The minimum Gasteiger partial charge on any atom is -0.422 e. The molecule has 0 spiro atoms. The van der Waals surface area contributed by atoms with Gasteiger partial charge in [-0.25, -0.2) is 9.59 Å². The molecule has 0 unspecified atom stereocenters. The third kappa shape index (κ3) is 4.58. The lowest BCUT2D eigenvalue weighted by Gasteiger charge is -2.14. The maximum absolute atomic E-state index is 13.9. The van der Waals surface area contributed by atoms with Crippen molar-refractivity contribution in [2.45, 2.75) is 26.2 Å². The molecule has 0 fully saturated rings. The fraction of sp³-hybridized carbons (Fsp3) is 0.182. The Morgan fingerprint density at radius 2 is 1.06 bits per heavy atom. The van der Waals surface area contributed by atoms with E-state index in [0.29, 0.717) is 0 Å². The highest BCUT2D eigenvalue weighted by Gasteiger charge is 2.41. The van der Waals surface area contributed by atoms with Gasteiger partial charge in [0.25, 0.3) is 0 Å². The average Bonchev–Trinajstić information content (AvgIpc) is 3.03. The lowest BCUT2D eigenvalue weighted by Crippen LogP contribution is -2.14. The number of alkyl halides is 6. The van der Waals surface area contributed by atoms with Crippen molar-refractivity contribution < 1.29 is 45.4 Å². The second kappa shape index (κ2) is 8.22. The van der Waals surface area contributed by atoms with Gasteiger partial charge in [0.2, 0.25) is 0 Å². The highest BCUT2D eigenvalue weighted by Crippen LogP contribution is 2.51. The van der Waals surface area contributed by atoms with E-state index >= 15 is 0 Å². The molecular weight excluding hydrogens is 474 g/mol. The number of halogens is 6. The Balaban J connectivity index is 2.39. The predicted octanol–water partition coefficient (Wildman–Crippen LogP) is 7.06. The van der Waals surface area contributed by atoms with Crippen LogP contribution in [0.15, 0.2) is 48.6 Å². The number of carbonyl (C=O) groups is 2. The first-order valence-corrected chi connectivity index (χ1v) is 9.86. The first-order chi connectivity index (χ1) is 15.1. The quantitative estimate of drug-likeness (QED) is 0.171. The van der Waals surface area contributed by atoms with Crippen LogP contribution < -0.4 is 9.47 Å². The largest absolute Gasteiger partial charge is 0.422 e. The summed E-state index contributed by atoms with van der Waals surface area (Å²) in [6, 6.07) is 3.98. The summed E-state index contributed by atoms with van der Waals surface area (Å²) in [7, 11) is 0. The van der Waals surface area contributed by atoms with Crippen LogP contribution in [0.3, 0.4) is 0 Å². The molecule has 0 N–H and O–H groups in total. The van der Waals surface area contributed by atoms with E-state index in [1.165, 1.54) is 13.8 Å². The number of benzene rings is 2. The summed E-state index contributed by atoms with van der Waals surface area (Å²) in [6.45, 7) is 9.06. The molecule has 174 valence electrons. The standard InChI is InChI=1S/C22H14F6O4S/c1-9(2)19(29)31-13-7-5-11-12-6-8-14(32-20(30)10(3)4)16(22(26,27)28)18(12)33-17(11)15(13)21(23,24)25/h5-8H,1,3H2,2,4H3. The molecule has 11 heteroatoms. The average molecular weight is 488 g/mol. The molecule has 0 aliphatic carbocycles. The van der Waals surface area contributed by atoms with Gasteiger partial charge in [-0.15, -0.1) is 11.3 Å². The number of ether oxygens (including phenoxy) is 2. The van der Waals surface area contributed by atoms with Crippen LogP contribution >= 0.6 is 11.3 Å². The van der Waals surface area contributed by atoms with Gasteiger partial charge in [0.1, 0.15) is 22.6 Å². The van der Waals surface area contributed by atoms with E-state index in [2.05, 4.69) is 13.2 Å². The molecule has 1 aromatic heterocycles. The summed E-state index contributed by atoms with van der Waals surface area (Å²) in [5.41, 5.74) is -3.13. The lowest BCUT2D eigenvalue weighted by molar-refractivity contribution is -0.141. The molecule has 0 atom stereocenters. The van der Waals surface area contributed by atoms with Gasteiger partial charge in [-0.05, 0) is 38.1 Å². The number of hydrogen-bond donors (Lipinski definition) is 0. The molecule has 4 nitrogen and oxygen atoms in total. The molecule has 3 rings (SSSR count). The van der Waals surface area contributed by atoms with Gasteiger partial charge >= 0.3 is 24.3 Å². The van der Waals surface area contributed by atoms with Crippen LogP contribution in [0.4, 0.5) is 26.3 Å². The van der Waals surface area contributed by atoms with Gasteiger partial charge in [0.15, 0.2) is 0 Å². The van der Waals surface area contributed by atoms with E-state index in [0.717, 1.165) is 24.3 Å². The Morgan fingerprint density at radius 1 is 0.727 bits per heavy atom. The minimum atomic E-state index is -5.06. The van der Waals surface area contributed by atoms with Crippen LogP contribution in [0.2, 0.25) is 0 Å². The van der Waals surface area contributed by atoms with Gasteiger partial charge < -0.3 is 9.47 Å². The summed E-state index contributed by atoms with van der Waals surface area (Å²) < 4.78 is 92.0. The van der Waals surface area contributed by atoms with Crippen molar-refractivity contribution in [2.75, 3.05) is 0 Å². The molecular formula is C22H14F6O4S. The Labute approximate surface area is 186 Å². The summed E-state index contributed by atoms with van der Waals surface area (Å²) in [4.78, 5) is 23.6. The summed E-state index contributed by atoms with van der Waals surface area (Å²) in [5.74, 6) is -3.97. The first kappa shape index (κ1) is 24.3. The SMILES string of the molecule is C=C(C)C(=O)Oc1ccc2c(sc3c(C(F)(F)F)c(OC(=O)C(=C)C)ccc32)c1C(F)(F)F. The van der Waals surface area contributed by atoms with Crippen molar-refractivity contribution >= 4 is 43.4 Å². The van der Waals surface area contributed by atoms with Gasteiger partial charge in [-0.1, -0.05) is 13.2 Å². The van der Waals surface area contributed by atoms with Crippen molar-refractivity contribution in [1.82, 2.24) is 0 Å². The fourth-order valence-corrected chi connectivity index (χ4v) is 4.37. The predicted molar refractivity (Wildman–Crippen MR) is 110 cm³/mol. The topological polar surface area (TPSA) is 52.6 Å². The molecule has 0 amide bonds. The van der Waals surface area contributed by atoms with E-state index in [-0.39, 0.29) is 33.3 Å². The van der Waals surface area contributed by atoms with Crippen LogP contribution in [-0.4, -0.2) is 11.9 Å². The molecule has 1 heterocycles. The molecule has 2 aromatic carbocycles. The van der Waals surface area contributed by atoms with Gasteiger partial charge in [0, 0.05) is 21.9 Å².